The molecule has 0 aliphatic rings. The lowest BCUT2D eigenvalue weighted by Gasteiger charge is -2.09. The number of ether oxygens (including phenoxy) is 1. The third-order valence-electron chi connectivity index (χ3n) is 3.53. The molecule has 0 aliphatic heterocycles. The van der Waals surface area contributed by atoms with Crippen LogP contribution < -0.4 is 4.74 Å². The van der Waals surface area contributed by atoms with Gasteiger partial charge in [-0.15, -0.1) is 11.3 Å². The van der Waals surface area contributed by atoms with Crippen LogP contribution in [-0.4, -0.2) is 16.5 Å². The number of rotatable bonds is 3. The standard InChI is InChI=1S/C16H15N3OS/c1-10-8-12(4-5-14(10)20-3)15-11(2)21-16-18-9-13(6-7-17)19(15)16/h4-5,8-9H,6H2,1-3H3. The second-order valence-corrected chi connectivity index (χ2v) is 6.08. The number of nitrogens with zero attached hydrogens (tertiary/aromatic N) is 3. The van der Waals surface area contributed by atoms with Crippen LogP contribution in [0.1, 0.15) is 16.1 Å². The van der Waals surface area contributed by atoms with Crippen molar-refractivity contribution in [1.29, 1.82) is 5.26 Å². The van der Waals surface area contributed by atoms with Crippen LogP contribution in [0.3, 0.4) is 0 Å². The second-order valence-electron chi connectivity index (χ2n) is 4.89. The number of hydrogen-bond donors (Lipinski definition) is 0. The van der Waals surface area contributed by atoms with E-state index in [4.69, 9.17) is 10.00 Å². The van der Waals surface area contributed by atoms with E-state index in [0.29, 0.717) is 6.42 Å². The second kappa shape index (κ2) is 5.23. The van der Waals surface area contributed by atoms with E-state index in [1.54, 1.807) is 24.6 Å². The fraction of sp³-hybridized carbons (Fsp3) is 0.250. The zero-order valence-electron chi connectivity index (χ0n) is 12.2. The monoisotopic (exact) mass is 297 g/mol. The first-order valence-corrected chi connectivity index (χ1v) is 7.45. The van der Waals surface area contributed by atoms with Crippen molar-refractivity contribution in [2.24, 2.45) is 0 Å². The SMILES string of the molecule is COc1ccc(-c2c(C)sc3ncc(CC#N)n23)cc1C. The number of benzene rings is 1. The Kier molecular flexibility index (Phi) is 3.40. The molecule has 3 rings (SSSR count). The van der Waals surface area contributed by atoms with Gasteiger partial charge in [0.15, 0.2) is 4.96 Å². The van der Waals surface area contributed by atoms with Gasteiger partial charge in [-0.1, -0.05) is 0 Å². The molecule has 106 valence electrons. The number of hydrogen-bond acceptors (Lipinski definition) is 4. The fourth-order valence-corrected chi connectivity index (χ4v) is 3.57. The van der Waals surface area contributed by atoms with Crippen LogP contribution >= 0.6 is 11.3 Å². The van der Waals surface area contributed by atoms with E-state index in [-0.39, 0.29) is 0 Å². The third kappa shape index (κ3) is 2.18. The van der Waals surface area contributed by atoms with Crippen molar-refractivity contribution in [3.63, 3.8) is 0 Å². The Hall–Kier alpha value is -2.32. The van der Waals surface area contributed by atoms with Gasteiger partial charge in [0.2, 0.25) is 0 Å². The van der Waals surface area contributed by atoms with Crippen LogP contribution in [0.2, 0.25) is 0 Å². The third-order valence-corrected chi connectivity index (χ3v) is 4.50. The minimum absolute atomic E-state index is 0.361. The first kappa shape index (κ1) is 13.7. The number of fused-ring (bicyclic) bond motifs is 1. The van der Waals surface area contributed by atoms with E-state index in [1.807, 2.05) is 13.0 Å². The predicted octanol–water partition coefficient (Wildman–Crippen LogP) is 3.75. The van der Waals surface area contributed by atoms with Crippen LogP contribution in [0.4, 0.5) is 0 Å². The number of imidazole rings is 1. The maximum Gasteiger partial charge on any atom is 0.194 e. The molecule has 0 aliphatic carbocycles. The minimum atomic E-state index is 0.361. The number of methoxy groups -OCH3 is 1. The van der Waals surface area contributed by atoms with Gasteiger partial charge in [-0.3, -0.25) is 4.40 Å². The quantitative estimate of drug-likeness (QED) is 0.739. The average molecular weight is 297 g/mol. The van der Waals surface area contributed by atoms with E-state index < -0.39 is 0 Å². The number of nitriles is 1. The molecular weight excluding hydrogens is 282 g/mol. The normalized spacial score (nSPS) is 10.8. The molecule has 0 bridgehead atoms. The molecule has 0 radical (unpaired) electrons. The Morgan fingerprint density at radius 3 is 2.86 bits per heavy atom. The van der Waals surface area contributed by atoms with Gasteiger partial charge < -0.3 is 4.74 Å². The summed E-state index contributed by atoms with van der Waals surface area (Å²) in [5.41, 5.74) is 4.26. The van der Waals surface area contributed by atoms with Crippen molar-refractivity contribution >= 4 is 16.3 Å². The van der Waals surface area contributed by atoms with E-state index >= 15 is 0 Å². The Bertz CT molecular complexity index is 854. The van der Waals surface area contributed by atoms with Crippen molar-refractivity contribution in [3.8, 4) is 23.1 Å². The fourth-order valence-electron chi connectivity index (χ4n) is 2.59. The summed E-state index contributed by atoms with van der Waals surface area (Å²) in [5, 5.41) is 8.97. The molecule has 0 N–H and O–H groups in total. The molecule has 4 nitrogen and oxygen atoms in total. The summed E-state index contributed by atoms with van der Waals surface area (Å²) < 4.78 is 7.41. The largest absolute Gasteiger partial charge is 0.496 e. The van der Waals surface area contributed by atoms with Crippen LogP contribution in [-0.2, 0) is 6.42 Å². The molecule has 21 heavy (non-hydrogen) atoms. The lowest BCUT2D eigenvalue weighted by molar-refractivity contribution is 0.412. The summed E-state index contributed by atoms with van der Waals surface area (Å²) in [6, 6.07) is 8.35. The lowest BCUT2D eigenvalue weighted by atomic mass is 10.1. The Morgan fingerprint density at radius 2 is 2.19 bits per heavy atom. The first-order chi connectivity index (χ1) is 10.2. The minimum Gasteiger partial charge on any atom is -0.496 e. The molecule has 2 aromatic heterocycles. The Balaban J connectivity index is 2.24. The maximum atomic E-state index is 8.97. The van der Waals surface area contributed by atoms with Crippen molar-refractivity contribution < 1.29 is 4.74 Å². The molecule has 5 heteroatoms. The highest BCUT2D eigenvalue weighted by Gasteiger charge is 2.16. The summed E-state index contributed by atoms with van der Waals surface area (Å²) in [6.45, 7) is 4.12. The molecule has 0 atom stereocenters. The maximum absolute atomic E-state index is 8.97. The zero-order chi connectivity index (χ0) is 15.0. The van der Waals surface area contributed by atoms with Gasteiger partial charge in [0.1, 0.15) is 5.75 Å². The summed E-state index contributed by atoms with van der Waals surface area (Å²) in [5.74, 6) is 0.880. The van der Waals surface area contributed by atoms with Crippen LogP contribution in [0.5, 0.6) is 5.75 Å². The molecule has 3 aromatic rings. The van der Waals surface area contributed by atoms with E-state index in [0.717, 1.165) is 33.2 Å². The predicted molar refractivity (Wildman–Crippen MR) is 83.8 cm³/mol. The van der Waals surface area contributed by atoms with Crippen molar-refractivity contribution in [2.75, 3.05) is 7.11 Å². The van der Waals surface area contributed by atoms with Crippen molar-refractivity contribution in [1.82, 2.24) is 9.38 Å². The highest BCUT2D eigenvalue weighted by atomic mass is 32.1. The molecule has 1 aromatic carbocycles. The molecule has 0 fully saturated rings. The Labute approximate surface area is 127 Å². The van der Waals surface area contributed by atoms with Gasteiger partial charge in [0.25, 0.3) is 0 Å². The van der Waals surface area contributed by atoms with Gasteiger partial charge >= 0.3 is 0 Å². The topological polar surface area (TPSA) is 50.3 Å². The van der Waals surface area contributed by atoms with Crippen LogP contribution in [0.25, 0.3) is 16.2 Å². The smallest absolute Gasteiger partial charge is 0.194 e. The summed E-state index contributed by atoms with van der Waals surface area (Å²) in [6.07, 6.45) is 2.15. The number of aromatic nitrogens is 2. The molecule has 0 unspecified atom stereocenters. The van der Waals surface area contributed by atoms with Crippen LogP contribution in [0, 0.1) is 25.2 Å². The van der Waals surface area contributed by atoms with Crippen LogP contribution in [0.15, 0.2) is 24.4 Å². The lowest BCUT2D eigenvalue weighted by Crippen LogP contribution is -1.95. The van der Waals surface area contributed by atoms with Gasteiger partial charge in [0.05, 0.1) is 37.2 Å². The average Bonchev–Trinajstić information content (AvgIpc) is 2.98. The Morgan fingerprint density at radius 1 is 1.38 bits per heavy atom. The molecule has 0 spiro atoms. The van der Waals surface area contributed by atoms with E-state index in [2.05, 4.69) is 34.5 Å². The summed E-state index contributed by atoms with van der Waals surface area (Å²) >= 11 is 1.65. The molecule has 0 saturated carbocycles. The van der Waals surface area contributed by atoms with Gasteiger partial charge in [-0.25, -0.2) is 4.98 Å². The number of thiazole rings is 1. The summed E-state index contributed by atoms with van der Waals surface area (Å²) in [4.78, 5) is 6.53. The number of aryl methyl sites for hydroxylation is 2. The molecule has 0 amide bonds. The summed E-state index contributed by atoms with van der Waals surface area (Å²) in [7, 11) is 1.68. The van der Waals surface area contributed by atoms with E-state index in [1.165, 1.54) is 4.88 Å². The molecule has 0 saturated heterocycles. The van der Waals surface area contributed by atoms with Gasteiger partial charge in [0, 0.05) is 10.4 Å². The highest BCUT2D eigenvalue weighted by Crippen LogP contribution is 2.34. The molecule has 2 heterocycles. The van der Waals surface area contributed by atoms with Crippen molar-refractivity contribution in [2.45, 2.75) is 20.3 Å². The molecular formula is C16H15N3OS. The first-order valence-electron chi connectivity index (χ1n) is 6.63. The zero-order valence-corrected chi connectivity index (χ0v) is 13.0. The van der Waals surface area contributed by atoms with Crippen molar-refractivity contribution in [3.05, 3.63) is 40.5 Å². The van der Waals surface area contributed by atoms with E-state index in [9.17, 15) is 0 Å². The van der Waals surface area contributed by atoms with Gasteiger partial charge in [-0.05, 0) is 37.6 Å². The van der Waals surface area contributed by atoms with Gasteiger partial charge in [-0.2, -0.15) is 5.26 Å². The highest BCUT2D eigenvalue weighted by molar-refractivity contribution is 7.17.